The van der Waals surface area contributed by atoms with Gasteiger partial charge in [-0.15, -0.1) is 0 Å². The molecule has 1 aromatic carbocycles. The largest absolute Gasteiger partial charge is 0.361 e. The van der Waals surface area contributed by atoms with E-state index in [2.05, 4.69) is 12.1 Å². The lowest BCUT2D eigenvalue weighted by Crippen LogP contribution is -1.83. The van der Waals surface area contributed by atoms with E-state index in [4.69, 9.17) is 27.7 Å². The first-order chi connectivity index (χ1) is 9.22. The zero-order valence-electron chi connectivity index (χ0n) is 11.0. The Morgan fingerprint density at radius 1 is 1.11 bits per heavy atom. The van der Waals surface area contributed by atoms with Crippen molar-refractivity contribution in [2.24, 2.45) is 0 Å². The Morgan fingerprint density at radius 3 is 2.53 bits per heavy atom. The Hall–Kier alpha value is -0.990. The van der Waals surface area contributed by atoms with E-state index in [1.54, 1.807) is 12.1 Å². The highest BCUT2D eigenvalue weighted by Gasteiger charge is 2.13. The maximum absolute atomic E-state index is 6.15. The molecule has 1 heterocycles. The second kappa shape index (κ2) is 6.97. The molecule has 1 aromatic heterocycles. The lowest BCUT2D eigenvalue weighted by Gasteiger charge is -2.01. The van der Waals surface area contributed by atoms with E-state index in [-0.39, 0.29) is 0 Å². The van der Waals surface area contributed by atoms with Crippen LogP contribution in [0.1, 0.15) is 38.4 Å². The van der Waals surface area contributed by atoms with E-state index >= 15 is 0 Å². The summed E-state index contributed by atoms with van der Waals surface area (Å²) >= 11 is 12.3. The molecule has 2 aromatic rings. The normalized spacial score (nSPS) is 10.9. The van der Waals surface area contributed by atoms with E-state index in [0.717, 1.165) is 24.2 Å². The standard InChI is InChI=1S/C15H17Cl2NO/c1-2-3-4-5-7-11-10-14(18-19-11)15-12(16)8-6-9-13(15)17/h6,8-10H,2-5,7H2,1H3. The second-order valence-corrected chi connectivity index (χ2v) is 5.40. The smallest absolute Gasteiger partial charge is 0.137 e. The van der Waals surface area contributed by atoms with Gasteiger partial charge in [-0.25, -0.2) is 0 Å². The zero-order valence-corrected chi connectivity index (χ0v) is 12.5. The third kappa shape index (κ3) is 3.74. The van der Waals surface area contributed by atoms with Crippen molar-refractivity contribution < 1.29 is 4.52 Å². The summed E-state index contributed by atoms with van der Waals surface area (Å²) < 4.78 is 5.34. The summed E-state index contributed by atoms with van der Waals surface area (Å²) in [6.45, 7) is 2.20. The molecule has 2 nitrogen and oxygen atoms in total. The van der Waals surface area contributed by atoms with Crippen molar-refractivity contribution in [2.45, 2.75) is 39.0 Å². The van der Waals surface area contributed by atoms with Crippen LogP contribution >= 0.6 is 23.2 Å². The quantitative estimate of drug-likeness (QED) is 0.632. The molecule has 0 amide bonds. The summed E-state index contributed by atoms with van der Waals surface area (Å²) in [4.78, 5) is 0. The number of hydrogen-bond donors (Lipinski definition) is 0. The van der Waals surface area contributed by atoms with E-state index in [1.807, 2.05) is 12.1 Å². The number of hydrogen-bond acceptors (Lipinski definition) is 2. The minimum Gasteiger partial charge on any atom is -0.361 e. The Labute approximate surface area is 123 Å². The van der Waals surface area contributed by atoms with E-state index < -0.39 is 0 Å². The molecule has 0 spiro atoms. The van der Waals surface area contributed by atoms with Gasteiger partial charge >= 0.3 is 0 Å². The predicted molar refractivity (Wildman–Crippen MR) is 79.8 cm³/mol. The topological polar surface area (TPSA) is 26.0 Å². The van der Waals surface area contributed by atoms with Crippen LogP contribution in [0.15, 0.2) is 28.8 Å². The average molecular weight is 298 g/mol. The van der Waals surface area contributed by atoms with Crippen molar-refractivity contribution in [3.05, 3.63) is 40.1 Å². The lowest BCUT2D eigenvalue weighted by atomic mass is 10.1. The zero-order chi connectivity index (χ0) is 13.7. The summed E-state index contributed by atoms with van der Waals surface area (Å²) in [5.74, 6) is 0.891. The van der Waals surface area contributed by atoms with Crippen LogP contribution in [0.25, 0.3) is 11.3 Å². The molecular formula is C15H17Cl2NO. The van der Waals surface area contributed by atoms with Crippen LogP contribution in [0.3, 0.4) is 0 Å². The van der Waals surface area contributed by atoms with Gasteiger partial charge in [-0.3, -0.25) is 0 Å². The molecule has 0 saturated carbocycles. The first-order valence-corrected chi connectivity index (χ1v) is 7.38. The third-order valence-electron chi connectivity index (χ3n) is 3.05. The minimum absolute atomic E-state index is 0.596. The van der Waals surface area contributed by atoms with Crippen LogP contribution in [0.4, 0.5) is 0 Å². The van der Waals surface area contributed by atoms with Crippen LogP contribution in [0, 0.1) is 0 Å². The molecule has 4 heteroatoms. The molecule has 0 fully saturated rings. The number of aromatic nitrogens is 1. The molecule has 0 aliphatic carbocycles. The summed E-state index contributed by atoms with van der Waals surface area (Å²) in [6, 6.07) is 7.36. The Kier molecular flexibility index (Phi) is 5.29. The van der Waals surface area contributed by atoms with Gasteiger partial charge in [0.2, 0.25) is 0 Å². The van der Waals surface area contributed by atoms with Crippen molar-refractivity contribution in [3.8, 4) is 11.3 Å². The number of halogens is 2. The molecule has 102 valence electrons. The number of aryl methyl sites for hydroxylation is 1. The second-order valence-electron chi connectivity index (χ2n) is 4.59. The van der Waals surface area contributed by atoms with Crippen LogP contribution in [-0.2, 0) is 6.42 Å². The molecule has 0 radical (unpaired) electrons. The van der Waals surface area contributed by atoms with Gasteiger partial charge < -0.3 is 4.52 Å². The highest BCUT2D eigenvalue weighted by Crippen LogP contribution is 2.34. The number of nitrogens with zero attached hydrogens (tertiary/aromatic N) is 1. The molecule has 0 saturated heterocycles. The Morgan fingerprint density at radius 2 is 1.84 bits per heavy atom. The van der Waals surface area contributed by atoms with Gasteiger partial charge in [-0.2, -0.15) is 0 Å². The van der Waals surface area contributed by atoms with Crippen molar-refractivity contribution in [1.29, 1.82) is 0 Å². The summed E-state index contributed by atoms with van der Waals surface area (Å²) in [5.41, 5.74) is 1.45. The fraction of sp³-hybridized carbons (Fsp3) is 0.400. The van der Waals surface area contributed by atoms with Gasteiger partial charge in [0.1, 0.15) is 11.5 Å². The number of rotatable bonds is 6. The van der Waals surface area contributed by atoms with Gasteiger partial charge in [0.25, 0.3) is 0 Å². The molecule has 0 unspecified atom stereocenters. The lowest BCUT2D eigenvalue weighted by molar-refractivity contribution is 0.380. The molecular weight excluding hydrogens is 281 g/mol. The molecule has 2 rings (SSSR count). The summed E-state index contributed by atoms with van der Waals surface area (Å²) in [6.07, 6.45) is 5.75. The third-order valence-corrected chi connectivity index (χ3v) is 3.68. The van der Waals surface area contributed by atoms with Crippen molar-refractivity contribution in [3.63, 3.8) is 0 Å². The van der Waals surface area contributed by atoms with Gasteiger partial charge in [0.15, 0.2) is 0 Å². The van der Waals surface area contributed by atoms with E-state index in [9.17, 15) is 0 Å². The molecule has 0 bridgehead atoms. The SMILES string of the molecule is CCCCCCc1cc(-c2c(Cl)cccc2Cl)no1. The number of benzene rings is 1. The Balaban J connectivity index is 2.08. The molecule has 0 aliphatic heterocycles. The van der Waals surface area contributed by atoms with Gasteiger partial charge in [0.05, 0.1) is 10.0 Å². The highest BCUT2D eigenvalue weighted by molar-refractivity contribution is 6.39. The molecule has 0 N–H and O–H groups in total. The maximum Gasteiger partial charge on any atom is 0.137 e. The van der Waals surface area contributed by atoms with Crippen LogP contribution in [-0.4, -0.2) is 5.16 Å². The fourth-order valence-electron chi connectivity index (χ4n) is 2.02. The fourth-order valence-corrected chi connectivity index (χ4v) is 2.61. The minimum atomic E-state index is 0.596. The van der Waals surface area contributed by atoms with Gasteiger partial charge in [-0.05, 0) is 18.6 Å². The number of unbranched alkanes of at least 4 members (excludes halogenated alkanes) is 3. The first kappa shape index (κ1) is 14.4. The molecule has 19 heavy (non-hydrogen) atoms. The summed E-state index contributed by atoms with van der Waals surface area (Å²) in [5, 5.41) is 5.25. The molecule has 0 atom stereocenters. The first-order valence-electron chi connectivity index (χ1n) is 6.62. The van der Waals surface area contributed by atoms with Crippen molar-refractivity contribution in [2.75, 3.05) is 0 Å². The van der Waals surface area contributed by atoms with Crippen LogP contribution in [0.5, 0.6) is 0 Å². The predicted octanol–water partition coefficient (Wildman–Crippen LogP) is 5.77. The van der Waals surface area contributed by atoms with Crippen molar-refractivity contribution in [1.82, 2.24) is 5.16 Å². The Bertz CT molecular complexity index is 516. The highest BCUT2D eigenvalue weighted by atomic mass is 35.5. The maximum atomic E-state index is 6.15. The van der Waals surface area contributed by atoms with E-state index in [0.29, 0.717) is 15.7 Å². The monoisotopic (exact) mass is 297 g/mol. The van der Waals surface area contributed by atoms with Crippen molar-refractivity contribution >= 4 is 23.2 Å². The van der Waals surface area contributed by atoms with Crippen LogP contribution < -0.4 is 0 Å². The molecule has 0 aliphatic rings. The van der Waals surface area contributed by atoms with Gasteiger partial charge in [0, 0.05) is 18.1 Å². The summed E-state index contributed by atoms with van der Waals surface area (Å²) in [7, 11) is 0. The van der Waals surface area contributed by atoms with E-state index in [1.165, 1.54) is 19.3 Å². The average Bonchev–Trinajstić information content (AvgIpc) is 2.83. The van der Waals surface area contributed by atoms with Crippen LogP contribution in [0.2, 0.25) is 10.0 Å². The van der Waals surface area contributed by atoms with Gasteiger partial charge in [-0.1, -0.05) is 60.6 Å².